The predicted octanol–water partition coefficient (Wildman–Crippen LogP) is 2.06. The van der Waals surface area contributed by atoms with E-state index in [1.165, 1.54) is 12.3 Å². The molecule has 1 fully saturated rings. The van der Waals surface area contributed by atoms with Gasteiger partial charge in [0.2, 0.25) is 0 Å². The Kier molecular flexibility index (Phi) is 5.02. The first-order chi connectivity index (χ1) is 12.5. The van der Waals surface area contributed by atoms with Crippen molar-refractivity contribution in [3.8, 4) is 0 Å². The van der Waals surface area contributed by atoms with Crippen LogP contribution in [0, 0.1) is 6.92 Å². The zero-order valence-corrected chi connectivity index (χ0v) is 14.0. The van der Waals surface area contributed by atoms with E-state index in [1.807, 2.05) is 31.2 Å². The Hall–Kier alpha value is -3.55. The van der Waals surface area contributed by atoms with Crippen LogP contribution in [-0.4, -0.2) is 34.0 Å². The molecule has 1 saturated heterocycles. The van der Waals surface area contributed by atoms with Crippen LogP contribution in [0.15, 0.2) is 47.7 Å². The molecule has 2 amide bonds. The third-order valence-corrected chi connectivity index (χ3v) is 3.75. The molecule has 132 valence electrons. The van der Waals surface area contributed by atoms with Crippen molar-refractivity contribution in [2.75, 3.05) is 5.43 Å². The molecule has 1 N–H and O–H groups in total. The van der Waals surface area contributed by atoms with Gasteiger partial charge in [0.05, 0.1) is 11.8 Å². The van der Waals surface area contributed by atoms with Gasteiger partial charge in [-0.05, 0) is 30.2 Å². The molecule has 0 atom stereocenters. The maximum atomic E-state index is 12.0. The molecule has 0 radical (unpaired) electrons. The Bertz CT molecular complexity index is 861. The number of benzene rings is 1. The number of amides is 2. The second kappa shape index (κ2) is 7.56. The van der Waals surface area contributed by atoms with Crippen molar-refractivity contribution in [3.05, 3.63) is 59.3 Å². The van der Waals surface area contributed by atoms with Crippen LogP contribution < -0.4 is 5.43 Å². The van der Waals surface area contributed by atoms with Gasteiger partial charge in [-0.2, -0.15) is 5.10 Å². The number of imide groups is 1. The van der Waals surface area contributed by atoms with Crippen molar-refractivity contribution in [3.63, 3.8) is 0 Å². The summed E-state index contributed by atoms with van der Waals surface area (Å²) in [7, 11) is 0. The van der Waals surface area contributed by atoms with Gasteiger partial charge in [0.25, 0.3) is 11.8 Å². The fraction of sp³-hybridized carbons (Fsp3) is 0.167. The van der Waals surface area contributed by atoms with Gasteiger partial charge in [0.1, 0.15) is 5.82 Å². The average molecular weight is 352 g/mol. The molecule has 8 nitrogen and oxygen atoms in total. The summed E-state index contributed by atoms with van der Waals surface area (Å²) in [5.41, 5.74) is 4.94. The van der Waals surface area contributed by atoms with Crippen LogP contribution in [0.25, 0.3) is 0 Å². The minimum atomic E-state index is -0.823. The lowest BCUT2D eigenvalue weighted by molar-refractivity contribution is -0.172. The SMILES string of the molecule is Cc1ccccc1/C=N\Nc1ccc(C(=O)ON2C(=O)CCC2=O)cn1. The first-order valence-electron chi connectivity index (χ1n) is 7.93. The molecule has 0 bridgehead atoms. The number of aryl methyl sites for hydroxylation is 1. The van der Waals surface area contributed by atoms with Crippen molar-refractivity contribution in [2.45, 2.75) is 19.8 Å². The number of nitrogens with zero attached hydrogens (tertiary/aromatic N) is 3. The third-order valence-electron chi connectivity index (χ3n) is 3.75. The first kappa shape index (κ1) is 17.3. The fourth-order valence-corrected chi connectivity index (χ4v) is 2.27. The van der Waals surface area contributed by atoms with Crippen molar-refractivity contribution in [1.82, 2.24) is 10.0 Å². The van der Waals surface area contributed by atoms with Gasteiger partial charge in [-0.1, -0.05) is 24.3 Å². The number of pyridine rings is 1. The average Bonchev–Trinajstić information content (AvgIpc) is 2.96. The molecule has 2 aromatic rings. The molecule has 26 heavy (non-hydrogen) atoms. The van der Waals surface area contributed by atoms with Crippen LogP contribution in [-0.2, 0) is 14.4 Å². The maximum absolute atomic E-state index is 12.0. The number of nitrogens with one attached hydrogen (secondary N) is 1. The maximum Gasteiger partial charge on any atom is 0.365 e. The molecule has 2 heterocycles. The van der Waals surface area contributed by atoms with E-state index < -0.39 is 17.8 Å². The molecule has 1 aliphatic heterocycles. The number of anilines is 1. The molecule has 0 aliphatic carbocycles. The second-order valence-corrected chi connectivity index (χ2v) is 5.62. The van der Waals surface area contributed by atoms with Crippen LogP contribution in [0.5, 0.6) is 0 Å². The Labute approximate surface area is 149 Å². The van der Waals surface area contributed by atoms with E-state index in [-0.39, 0.29) is 18.4 Å². The summed E-state index contributed by atoms with van der Waals surface area (Å²) >= 11 is 0. The summed E-state index contributed by atoms with van der Waals surface area (Å²) in [5, 5.41) is 4.60. The zero-order chi connectivity index (χ0) is 18.5. The predicted molar refractivity (Wildman–Crippen MR) is 93.1 cm³/mol. The lowest BCUT2D eigenvalue weighted by atomic mass is 10.1. The van der Waals surface area contributed by atoms with Crippen molar-refractivity contribution < 1.29 is 19.2 Å². The van der Waals surface area contributed by atoms with Crippen molar-refractivity contribution in [1.29, 1.82) is 0 Å². The number of carbonyl (C=O) groups excluding carboxylic acids is 3. The Balaban J connectivity index is 1.59. The first-order valence-corrected chi connectivity index (χ1v) is 7.93. The van der Waals surface area contributed by atoms with Crippen LogP contribution in [0.1, 0.15) is 34.3 Å². The highest BCUT2D eigenvalue weighted by Crippen LogP contribution is 2.14. The Morgan fingerprint density at radius 2 is 1.92 bits per heavy atom. The number of carbonyl (C=O) groups is 3. The van der Waals surface area contributed by atoms with Crippen LogP contribution in [0.2, 0.25) is 0 Å². The van der Waals surface area contributed by atoms with Gasteiger partial charge in [-0.15, -0.1) is 5.06 Å². The van der Waals surface area contributed by atoms with Crippen LogP contribution >= 0.6 is 0 Å². The van der Waals surface area contributed by atoms with Crippen molar-refractivity contribution in [2.24, 2.45) is 5.10 Å². The van der Waals surface area contributed by atoms with E-state index in [9.17, 15) is 14.4 Å². The van der Waals surface area contributed by atoms with Crippen LogP contribution in [0.3, 0.4) is 0 Å². The largest absolute Gasteiger partial charge is 0.365 e. The molecule has 1 aromatic carbocycles. The van der Waals surface area contributed by atoms with Crippen LogP contribution in [0.4, 0.5) is 5.82 Å². The van der Waals surface area contributed by atoms with Gasteiger partial charge < -0.3 is 4.84 Å². The number of aromatic nitrogens is 1. The fourth-order valence-electron chi connectivity index (χ4n) is 2.27. The third kappa shape index (κ3) is 3.92. The monoisotopic (exact) mass is 352 g/mol. The van der Waals surface area contributed by atoms with E-state index in [1.54, 1.807) is 12.3 Å². The molecular formula is C18H16N4O4. The van der Waals surface area contributed by atoms with E-state index >= 15 is 0 Å². The molecular weight excluding hydrogens is 336 g/mol. The summed E-state index contributed by atoms with van der Waals surface area (Å²) < 4.78 is 0. The molecule has 1 aromatic heterocycles. The number of rotatable bonds is 5. The summed E-state index contributed by atoms with van der Waals surface area (Å²) in [6.07, 6.45) is 3.04. The smallest absolute Gasteiger partial charge is 0.325 e. The molecule has 1 aliphatic rings. The molecule has 0 unspecified atom stereocenters. The molecule has 0 saturated carbocycles. The highest BCUT2D eigenvalue weighted by Gasteiger charge is 2.33. The van der Waals surface area contributed by atoms with E-state index in [4.69, 9.17) is 4.84 Å². The number of hydrazone groups is 1. The second-order valence-electron chi connectivity index (χ2n) is 5.62. The highest BCUT2D eigenvalue weighted by molar-refractivity contribution is 6.02. The minimum Gasteiger partial charge on any atom is -0.325 e. The van der Waals surface area contributed by atoms with Crippen molar-refractivity contribution >= 4 is 29.8 Å². The van der Waals surface area contributed by atoms with E-state index in [0.29, 0.717) is 10.9 Å². The molecule has 8 heteroatoms. The summed E-state index contributed by atoms with van der Waals surface area (Å²) in [6, 6.07) is 10.8. The minimum absolute atomic E-state index is 0.0477. The lowest BCUT2D eigenvalue weighted by Gasteiger charge is -2.12. The summed E-state index contributed by atoms with van der Waals surface area (Å²) in [5.74, 6) is -1.45. The highest BCUT2D eigenvalue weighted by atomic mass is 16.7. The van der Waals surface area contributed by atoms with E-state index in [2.05, 4.69) is 15.5 Å². The lowest BCUT2D eigenvalue weighted by Crippen LogP contribution is -2.32. The van der Waals surface area contributed by atoms with Gasteiger partial charge in [0, 0.05) is 19.0 Å². The van der Waals surface area contributed by atoms with Gasteiger partial charge in [0.15, 0.2) is 0 Å². The summed E-state index contributed by atoms with van der Waals surface area (Å²) in [6.45, 7) is 1.98. The Morgan fingerprint density at radius 1 is 1.19 bits per heavy atom. The quantitative estimate of drug-likeness (QED) is 0.502. The topological polar surface area (TPSA) is 101 Å². The number of hydroxylamine groups is 2. The molecule has 3 rings (SSSR count). The standard InChI is InChI=1S/C18H16N4O4/c1-12-4-2-3-5-13(12)11-20-21-15-7-6-14(10-19-15)18(25)26-22-16(23)8-9-17(22)24/h2-7,10-11H,8-9H2,1H3,(H,19,21)/b20-11-. The van der Waals surface area contributed by atoms with Gasteiger partial charge in [-0.25, -0.2) is 9.78 Å². The van der Waals surface area contributed by atoms with Gasteiger partial charge >= 0.3 is 5.97 Å². The molecule has 0 spiro atoms. The number of hydrogen-bond donors (Lipinski definition) is 1. The van der Waals surface area contributed by atoms with E-state index in [0.717, 1.165) is 11.1 Å². The number of hydrogen-bond acceptors (Lipinski definition) is 7. The Morgan fingerprint density at radius 3 is 2.58 bits per heavy atom. The zero-order valence-electron chi connectivity index (χ0n) is 14.0. The van der Waals surface area contributed by atoms with Gasteiger partial charge in [-0.3, -0.25) is 15.0 Å². The summed E-state index contributed by atoms with van der Waals surface area (Å²) in [4.78, 5) is 43.8. The normalized spacial score (nSPS) is 14.1.